The van der Waals surface area contributed by atoms with Crippen LogP contribution in [0.25, 0.3) is 0 Å². The fourth-order valence-corrected chi connectivity index (χ4v) is 2.58. The summed E-state index contributed by atoms with van der Waals surface area (Å²) in [5, 5.41) is 8.49. The van der Waals surface area contributed by atoms with Gasteiger partial charge in [0, 0.05) is 38.4 Å². The number of likely N-dealkylation sites (N-methyl/N-ethyl adjacent to an activating group) is 2. The minimum atomic E-state index is -2.78. The maximum atomic E-state index is 12.2. The van der Waals surface area contributed by atoms with Crippen molar-refractivity contribution in [2.24, 2.45) is 5.10 Å². The van der Waals surface area contributed by atoms with Crippen LogP contribution in [0.4, 0.5) is 14.6 Å². The third-order valence-electron chi connectivity index (χ3n) is 3.87. The van der Waals surface area contributed by atoms with Gasteiger partial charge in [0.25, 0.3) is 0 Å². The molecule has 0 radical (unpaired) electrons. The number of anilines is 1. The predicted octanol–water partition coefficient (Wildman–Crippen LogP) is 1.04. The lowest BCUT2D eigenvalue weighted by Crippen LogP contribution is -2.53. The van der Waals surface area contributed by atoms with Gasteiger partial charge in [0.1, 0.15) is 18.6 Å². The Balaban J connectivity index is 2.06. The largest absolute Gasteiger partial charge is 0.355 e. The molecular weight excluding hydrogens is 372 g/mol. The van der Waals surface area contributed by atoms with E-state index in [1.54, 1.807) is 25.4 Å². The normalized spacial score (nSPS) is 15.0. The molecule has 0 atom stereocenters. The number of hydrogen-bond donors (Lipinski definition) is 1. The zero-order valence-electron chi connectivity index (χ0n) is 15.7. The number of amides is 1. The number of allylic oxidation sites excluding steroid dienone is 2. The second-order valence-electron chi connectivity index (χ2n) is 6.08. The molecule has 1 N–H and O–H groups in total. The van der Waals surface area contributed by atoms with Gasteiger partial charge in [-0.2, -0.15) is 13.9 Å². The first-order valence-corrected chi connectivity index (χ1v) is 8.76. The van der Waals surface area contributed by atoms with Gasteiger partial charge in [-0.05, 0) is 31.2 Å². The molecule has 1 aliphatic rings. The van der Waals surface area contributed by atoms with Crippen LogP contribution in [0, 0.1) is 0 Å². The van der Waals surface area contributed by atoms with Gasteiger partial charge < -0.3 is 15.0 Å². The highest BCUT2D eigenvalue weighted by molar-refractivity contribution is 6.09. The summed E-state index contributed by atoms with van der Waals surface area (Å²) >= 11 is 0. The molecule has 2 rings (SSSR count). The average Bonchev–Trinajstić information content (AvgIpc) is 2.61. The number of aromatic nitrogens is 1. The van der Waals surface area contributed by atoms with Crippen LogP contribution in [0.1, 0.15) is 12.5 Å². The fourth-order valence-electron chi connectivity index (χ4n) is 2.58. The van der Waals surface area contributed by atoms with Gasteiger partial charge in [0.2, 0.25) is 5.91 Å². The fraction of sp³-hybridized carbons (Fsp3) is 0.444. The second kappa shape index (κ2) is 10.5. The van der Waals surface area contributed by atoms with Crippen molar-refractivity contribution in [3.05, 3.63) is 36.0 Å². The Morgan fingerprint density at radius 3 is 2.82 bits per heavy atom. The number of nitrogens with zero attached hydrogens (tertiary/aromatic N) is 4. The van der Waals surface area contributed by atoms with Gasteiger partial charge in [0.05, 0.1) is 11.8 Å². The summed E-state index contributed by atoms with van der Waals surface area (Å²) in [6.45, 7) is 0.334. The molecule has 0 bridgehead atoms. The number of nitrogens with one attached hydrogen (secondary N) is 1. The quantitative estimate of drug-likeness (QED) is 0.276. The van der Waals surface area contributed by atoms with Crippen LogP contribution in [0.2, 0.25) is 0 Å². The summed E-state index contributed by atoms with van der Waals surface area (Å²) in [5.74, 6) is 0.464. The minimum absolute atomic E-state index is 0.0666. The summed E-state index contributed by atoms with van der Waals surface area (Å²) in [6.07, 6.45) is 4.52. The number of ether oxygens (including phenoxy) is 1. The maximum Gasteiger partial charge on any atom is 0.345 e. The number of carbonyl (C=O) groups excluding carboxylic acids is 2. The van der Waals surface area contributed by atoms with Crippen molar-refractivity contribution >= 4 is 23.7 Å². The van der Waals surface area contributed by atoms with Crippen molar-refractivity contribution in [3.8, 4) is 0 Å². The number of alkyl halides is 2. The first-order chi connectivity index (χ1) is 13.4. The highest BCUT2D eigenvalue weighted by Crippen LogP contribution is 2.22. The Bertz CT molecular complexity index is 718. The molecule has 0 aliphatic carbocycles. The van der Waals surface area contributed by atoms with Gasteiger partial charge in [-0.1, -0.05) is 0 Å². The Morgan fingerprint density at radius 1 is 1.50 bits per heavy atom. The van der Waals surface area contributed by atoms with Crippen molar-refractivity contribution in [2.45, 2.75) is 19.6 Å². The van der Waals surface area contributed by atoms with E-state index >= 15 is 0 Å². The SMILES string of the molecule is CCNC(=O)CN(C)/N=C(\C=C/C=O)c1ccc(N2CC(OC(F)F)C2)nc1. The van der Waals surface area contributed by atoms with Crippen LogP contribution in [-0.4, -0.2) is 73.8 Å². The number of aldehydes is 1. The molecule has 1 aliphatic heterocycles. The smallest absolute Gasteiger partial charge is 0.345 e. The zero-order chi connectivity index (χ0) is 20.5. The summed E-state index contributed by atoms with van der Waals surface area (Å²) < 4.78 is 28.8. The number of carbonyl (C=O) groups is 2. The van der Waals surface area contributed by atoms with E-state index < -0.39 is 12.7 Å². The van der Waals surface area contributed by atoms with Crippen molar-refractivity contribution in [2.75, 3.05) is 38.1 Å². The van der Waals surface area contributed by atoms with Crippen molar-refractivity contribution < 1.29 is 23.1 Å². The average molecular weight is 395 g/mol. The third-order valence-corrected chi connectivity index (χ3v) is 3.87. The lowest BCUT2D eigenvalue weighted by atomic mass is 10.1. The molecule has 8 nitrogen and oxygen atoms in total. The Labute approximate surface area is 161 Å². The van der Waals surface area contributed by atoms with Gasteiger partial charge >= 0.3 is 6.61 Å². The molecule has 0 saturated carbocycles. The molecule has 1 aromatic rings. The molecule has 152 valence electrons. The molecule has 0 aromatic carbocycles. The lowest BCUT2D eigenvalue weighted by molar-refractivity contribution is -0.167. The molecule has 1 saturated heterocycles. The van der Waals surface area contributed by atoms with Crippen LogP contribution in [0.5, 0.6) is 0 Å². The molecule has 1 fully saturated rings. The van der Waals surface area contributed by atoms with E-state index in [1.165, 1.54) is 17.2 Å². The van der Waals surface area contributed by atoms with Gasteiger partial charge in [-0.25, -0.2) is 4.98 Å². The second-order valence-corrected chi connectivity index (χ2v) is 6.08. The molecule has 1 amide bonds. The van der Waals surface area contributed by atoms with Crippen LogP contribution in [-0.2, 0) is 14.3 Å². The molecule has 0 unspecified atom stereocenters. The monoisotopic (exact) mass is 395 g/mol. The molecular formula is C18H23F2N5O3. The van der Waals surface area contributed by atoms with E-state index in [0.29, 0.717) is 43.0 Å². The predicted molar refractivity (Wildman–Crippen MR) is 100 cm³/mol. The molecule has 0 spiro atoms. The van der Waals surface area contributed by atoms with E-state index in [0.717, 1.165) is 0 Å². The summed E-state index contributed by atoms with van der Waals surface area (Å²) in [5.41, 5.74) is 1.10. The lowest BCUT2D eigenvalue weighted by Gasteiger charge is -2.39. The summed E-state index contributed by atoms with van der Waals surface area (Å²) in [6, 6.07) is 3.50. The van der Waals surface area contributed by atoms with Gasteiger partial charge in [0.15, 0.2) is 0 Å². The van der Waals surface area contributed by atoms with E-state index in [1.807, 2.05) is 11.8 Å². The Hall–Kier alpha value is -2.88. The third kappa shape index (κ3) is 6.38. The van der Waals surface area contributed by atoms with E-state index in [2.05, 4.69) is 20.1 Å². The van der Waals surface area contributed by atoms with Crippen molar-refractivity contribution in [1.29, 1.82) is 0 Å². The molecule has 28 heavy (non-hydrogen) atoms. The minimum Gasteiger partial charge on any atom is -0.355 e. The first kappa shape index (κ1) is 21.4. The van der Waals surface area contributed by atoms with Gasteiger partial charge in [-0.15, -0.1) is 0 Å². The van der Waals surface area contributed by atoms with E-state index in [-0.39, 0.29) is 12.5 Å². The topological polar surface area (TPSA) is 87.1 Å². The number of halogens is 2. The van der Waals surface area contributed by atoms with Crippen LogP contribution in [0.3, 0.4) is 0 Å². The van der Waals surface area contributed by atoms with E-state index in [4.69, 9.17) is 0 Å². The van der Waals surface area contributed by atoms with Crippen molar-refractivity contribution in [1.82, 2.24) is 15.3 Å². The first-order valence-electron chi connectivity index (χ1n) is 8.76. The Kier molecular flexibility index (Phi) is 8.00. The summed E-state index contributed by atoms with van der Waals surface area (Å²) in [4.78, 5) is 28.5. The number of pyridine rings is 1. The van der Waals surface area contributed by atoms with Crippen LogP contribution >= 0.6 is 0 Å². The highest BCUT2D eigenvalue weighted by Gasteiger charge is 2.30. The molecule has 10 heteroatoms. The van der Waals surface area contributed by atoms with E-state index in [9.17, 15) is 18.4 Å². The number of hydrazone groups is 1. The van der Waals surface area contributed by atoms with Crippen molar-refractivity contribution in [3.63, 3.8) is 0 Å². The number of rotatable bonds is 10. The molecule has 2 heterocycles. The standard InChI is InChI=1S/C18H23F2N5O3/c1-3-21-17(27)12-24(2)23-15(5-4-8-26)13-6-7-16(22-9-13)25-10-14(11-25)28-18(19)20/h4-9,14,18H,3,10-12H2,1-2H3,(H,21,27)/b5-4-,23-15+. The number of hydrogen-bond acceptors (Lipinski definition) is 7. The van der Waals surface area contributed by atoms with Crippen LogP contribution in [0.15, 0.2) is 35.6 Å². The van der Waals surface area contributed by atoms with Crippen LogP contribution < -0.4 is 10.2 Å². The van der Waals surface area contributed by atoms with Gasteiger partial charge in [-0.3, -0.25) is 14.6 Å². The highest BCUT2D eigenvalue weighted by atomic mass is 19.3. The molecule has 1 aromatic heterocycles. The Morgan fingerprint density at radius 2 is 2.25 bits per heavy atom. The maximum absolute atomic E-state index is 12.2. The zero-order valence-corrected chi connectivity index (χ0v) is 15.7. The summed E-state index contributed by atoms with van der Waals surface area (Å²) in [7, 11) is 1.65.